The molecule has 4 N–H and O–H groups in total. The highest BCUT2D eigenvalue weighted by Crippen LogP contribution is 2.74. The number of phosphoric ester groups is 1. The second-order valence-electron chi connectivity index (χ2n) is 14.1. The number of aliphatic hydroxyl groups excluding tert-OH is 1. The maximum absolute atomic E-state index is 14.9. The van der Waals surface area contributed by atoms with Crippen molar-refractivity contribution in [2.75, 3.05) is 38.6 Å². The number of nitrogens with two attached hydrogens (primary N) is 1. The van der Waals surface area contributed by atoms with Crippen molar-refractivity contribution in [3.8, 4) is 0 Å². The first-order valence-electron chi connectivity index (χ1n) is 17.9. The number of ether oxygens (including phenoxy) is 4. The number of phosphoric acid groups is 1. The van der Waals surface area contributed by atoms with Gasteiger partial charge in [-0.05, 0) is 40.0 Å². The van der Waals surface area contributed by atoms with Gasteiger partial charge in [0.25, 0.3) is 5.56 Å². The highest BCUT2D eigenvalue weighted by atomic mass is 32.7. The van der Waals surface area contributed by atoms with E-state index < -0.39 is 99.1 Å². The quantitative estimate of drug-likeness (QED) is 0.124. The van der Waals surface area contributed by atoms with Crippen LogP contribution in [0.3, 0.4) is 0 Å². The molecule has 2 aliphatic heterocycles. The first-order chi connectivity index (χ1) is 27.2. The SMILES string of the molecule is CCO[P@@]1(=O)OCC23C[C@@H]2[C@@H](n2cnc4c(N)ncnc42)[C@H](O)[C@@H]3O[P@@](=O)(SCOC(=O)OC(C)C)OC[C@H]2O[C@@H](n3cnc4c(=O)[nH]c(C)nc43)[C@H](O1)[C@@H]2OC. The summed E-state index contributed by atoms with van der Waals surface area (Å²) in [6.45, 7) is 1.06. The number of imidazole rings is 2. The fourth-order valence-electron chi connectivity index (χ4n) is 7.82. The van der Waals surface area contributed by atoms with E-state index in [-0.39, 0.29) is 36.0 Å². The highest BCUT2D eigenvalue weighted by Gasteiger charge is 2.74. The van der Waals surface area contributed by atoms with Crippen LogP contribution in [0.4, 0.5) is 10.6 Å². The van der Waals surface area contributed by atoms with Gasteiger partial charge in [0, 0.05) is 23.9 Å². The van der Waals surface area contributed by atoms with E-state index in [1.165, 1.54) is 30.7 Å². The number of rotatable bonds is 9. The Balaban J connectivity index is 1.19. The van der Waals surface area contributed by atoms with Crippen LogP contribution in [0.15, 0.2) is 23.8 Å². The van der Waals surface area contributed by atoms with Gasteiger partial charge in [-0.3, -0.25) is 32.0 Å². The molecule has 4 fully saturated rings. The molecule has 4 aromatic rings. The number of carbonyl (C=O) groups excluding carboxylic acids is 1. The second kappa shape index (κ2) is 15.2. The molecule has 57 heavy (non-hydrogen) atoms. The van der Waals surface area contributed by atoms with Crippen LogP contribution >= 0.6 is 26.0 Å². The Bertz CT molecular complexity index is 2330. The third-order valence-electron chi connectivity index (χ3n) is 10.3. The molecule has 0 radical (unpaired) electrons. The number of nitrogens with one attached hydrogen (secondary N) is 1. The van der Waals surface area contributed by atoms with Crippen molar-refractivity contribution < 1.29 is 60.6 Å². The van der Waals surface area contributed by atoms with Crippen molar-refractivity contribution >= 4 is 60.3 Å². The van der Waals surface area contributed by atoms with Crippen molar-refractivity contribution in [2.45, 2.75) is 83.0 Å². The molecule has 2 saturated heterocycles. The van der Waals surface area contributed by atoms with Gasteiger partial charge in [-0.1, -0.05) is 0 Å². The summed E-state index contributed by atoms with van der Waals surface area (Å²) < 4.78 is 85.7. The molecule has 6 heterocycles. The number of aliphatic hydroxyl groups is 1. The van der Waals surface area contributed by atoms with E-state index in [9.17, 15) is 23.8 Å². The Morgan fingerprint density at radius 2 is 1.91 bits per heavy atom. The van der Waals surface area contributed by atoms with Gasteiger partial charge in [-0.2, -0.15) is 0 Å². The molecule has 4 aliphatic rings. The summed E-state index contributed by atoms with van der Waals surface area (Å²) in [6, 6.07) is -0.774. The molecular formula is C31H41N9O14P2S. The summed E-state index contributed by atoms with van der Waals surface area (Å²) in [5.41, 5.74) is 5.19. The van der Waals surface area contributed by atoms with Crippen molar-refractivity contribution in [3.05, 3.63) is 35.2 Å². The van der Waals surface area contributed by atoms with E-state index >= 15 is 0 Å². The molecule has 1 unspecified atom stereocenters. The van der Waals surface area contributed by atoms with E-state index in [4.69, 9.17) is 47.3 Å². The lowest BCUT2D eigenvalue weighted by molar-refractivity contribution is -0.0612. The average Bonchev–Trinajstić information content (AvgIpc) is 3.44. The molecule has 11 atom stereocenters. The lowest BCUT2D eigenvalue weighted by Crippen LogP contribution is -2.38. The van der Waals surface area contributed by atoms with Crippen molar-refractivity contribution in [1.29, 1.82) is 0 Å². The predicted octanol–water partition coefficient (Wildman–Crippen LogP) is 3.01. The van der Waals surface area contributed by atoms with Gasteiger partial charge in [-0.15, -0.1) is 0 Å². The van der Waals surface area contributed by atoms with Crippen LogP contribution in [-0.2, 0) is 50.7 Å². The number of nitrogen functional groups attached to an aromatic ring is 1. The van der Waals surface area contributed by atoms with Crippen LogP contribution in [0.5, 0.6) is 0 Å². The Labute approximate surface area is 327 Å². The third kappa shape index (κ3) is 7.28. The number of hydrogen-bond acceptors (Lipinski definition) is 21. The fraction of sp³-hybridized carbons (Fsp3) is 0.645. The molecule has 0 aromatic carbocycles. The topological polar surface area (TPSA) is 288 Å². The number of aryl methyl sites for hydroxylation is 1. The Hall–Kier alpha value is -3.54. The maximum atomic E-state index is 14.9. The summed E-state index contributed by atoms with van der Waals surface area (Å²) in [5.74, 6) is -0.550. The number of aromatic nitrogens is 8. The molecular weight excluding hydrogens is 816 g/mol. The van der Waals surface area contributed by atoms with Gasteiger partial charge < -0.3 is 39.3 Å². The number of hydrogen-bond donors (Lipinski definition) is 3. The maximum Gasteiger partial charge on any atom is 0.509 e. The summed E-state index contributed by atoms with van der Waals surface area (Å²) in [6.07, 6.45) is -4.50. The van der Waals surface area contributed by atoms with E-state index in [1.54, 1.807) is 32.3 Å². The fourth-order valence-corrected chi connectivity index (χ4v) is 12.1. The molecule has 2 aliphatic carbocycles. The molecule has 2 bridgehead atoms. The second-order valence-corrected chi connectivity index (χ2v) is 19.7. The van der Waals surface area contributed by atoms with Gasteiger partial charge >= 0.3 is 20.8 Å². The molecule has 4 aromatic heterocycles. The zero-order valence-electron chi connectivity index (χ0n) is 31.2. The molecule has 26 heteroatoms. The van der Waals surface area contributed by atoms with Crippen LogP contribution < -0.4 is 11.3 Å². The van der Waals surface area contributed by atoms with Gasteiger partial charge in [0.2, 0.25) is 0 Å². The van der Waals surface area contributed by atoms with Crippen LogP contribution in [0.25, 0.3) is 22.3 Å². The van der Waals surface area contributed by atoms with Crippen LogP contribution in [0.2, 0.25) is 0 Å². The van der Waals surface area contributed by atoms with Crippen molar-refractivity contribution in [3.63, 3.8) is 0 Å². The average molecular weight is 858 g/mol. The minimum Gasteiger partial charge on any atom is -0.432 e. The van der Waals surface area contributed by atoms with E-state index in [0.717, 1.165) is 0 Å². The lowest BCUT2D eigenvalue weighted by atomic mass is 10.0. The largest absolute Gasteiger partial charge is 0.509 e. The van der Waals surface area contributed by atoms with Gasteiger partial charge in [0.05, 0.1) is 44.6 Å². The number of methoxy groups -OCH3 is 1. The Morgan fingerprint density at radius 1 is 1.14 bits per heavy atom. The molecule has 23 nitrogen and oxygen atoms in total. The summed E-state index contributed by atoms with van der Waals surface area (Å²) in [7, 11) is -3.18. The van der Waals surface area contributed by atoms with Gasteiger partial charge in [0.1, 0.15) is 48.2 Å². The van der Waals surface area contributed by atoms with E-state index in [2.05, 4.69) is 29.9 Å². The number of aromatic amines is 1. The van der Waals surface area contributed by atoms with Gasteiger partial charge in [-0.25, -0.2) is 38.8 Å². The summed E-state index contributed by atoms with van der Waals surface area (Å²) >= 11 is 0.538. The van der Waals surface area contributed by atoms with Crippen LogP contribution in [0.1, 0.15) is 45.3 Å². The smallest absolute Gasteiger partial charge is 0.432 e. The van der Waals surface area contributed by atoms with Crippen LogP contribution in [0, 0.1) is 18.3 Å². The third-order valence-corrected chi connectivity index (χ3v) is 15.1. The van der Waals surface area contributed by atoms with Crippen LogP contribution in [-0.4, -0.2) is 120 Å². The standard InChI is InChI=1S/C31H41N9O14P2S/c1-6-48-55(44)50-9-31-7-16(31)20(39-11-35-18-25(32)33-10-34-26(18)39)21(41)24(31)54-56(45,57-13-47-30(43)51-14(2)3)49-8-17-22(46-5)23(53-55)29(52-17)40-12-36-19-27(40)37-15(4)38-28(19)42/h10-12,14,16-17,20-24,29,41H,6-9,13H2,1-5H3,(H2,32,33,34)(H,37,38,42)/t16-,17-,20-,21+,22-,23-,24+,29-,31?,55+,56+/m1/s1. The minimum atomic E-state index is -4.54. The predicted molar refractivity (Wildman–Crippen MR) is 197 cm³/mol. The molecule has 310 valence electrons. The Morgan fingerprint density at radius 3 is 2.67 bits per heavy atom. The first-order valence-corrected chi connectivity index (χ1v) is 22.5. The van der Waals surface area contributed by atoms with E-state index in [1.807, 2.05) is 0 Å². The number of H-pyrrole nitrogens is 1. The molecule has 8 rings (SSSR count). The summed E-state index contributed by atoms with van der Waals surface area (Å²) in [5, 5.41) is 12.1. The number of fused-ring (bicyclic) bond motifs is 4. The van der Waals surface area contributed by atoms with Gasteiger partial charge in [0.15, 0.2) is 34.8 Å². The number of nitrogens with zero attached hydrogens (tertiary/aromatic N) is 7. The number of anilines is 1. The Kier molecular flexibility index (Phi) is 10.8. The van der Waals surface area contributed by atoms with E-state index in [0.29, 0.717) is 29.0 Å². The first kappa shape index (κ1) is 40.2. The number of carbonyl (C=O) groups is 1. The zero-order valence-corrected chi connectivity index (χ0v) is 33.8. The normalized spacial score (nSPS) is 35.4. The van der Waals surface area contributed by atoms with Crippen molar-refractivity contribution in [1.82, 2.24) is 39.0 Å². The molecule has 2 saturated carbocycles. The lowest BCUT2D eigenvalue weighted by Gasteiger charge is -2.32. The minimum absolute atomic E-state index is 0.000334. The summed E-state index contributed by atoms with van der Waals surface area (Å²) in [4.78, 5) is 49.0. The zero-order chi connectivity index (χ0) is 40.4. The molecule has 1 spiro atoms. The molecule has 0 amide bonds. The van der Waals surface area contributed by atoms with Crippen molar-refractivity contribution in [2.24, 2.45) is 11.3 Å². The monoisotopic (exact) mass is 857 g/mol. The highest BCUT2D eigenvalue weighted by molar-refractivity contribution is 8.55.